The van der Waals surface area contributed by atoms with Crippen LogP contribution in [0, 0.1) is 0 Å². The predicted molar refractivity (Wildman–Crippen MR) is 92.7 cm³/mol. The van der Waals surface area contributed by atoms with Crippen molar-refractivity contribution in [3.63, 3.8) is 0 Å². The van der Waals surface area contributed by atoms with Crippen molar-refractivity contribution in [2.75, 3.05) is 12.8 Å². The van der Waals surface area contributed by atoms with Crippen molar-refractivity contribution in [3.8, 4) is 33.8 Å². The summed E-state index contributed by atoms with van der Waals surface area (Å²) < 4.78 is 5.15. The van der Waals surface area contributed by atoms with Crippen LogP contribution in [0.25, 0.3) is 22.3 Å². The summed E-state index contributed by atoms with van der Waals surface area (Å²) >= 11 is 6.05. The number of ether oxygens (including phenoxy) is 1. The molecule has 0 aliphatic carbocycles. The zero-order valence-corrected chi connectivity index (χ0v) is 13.2. The molecule has 3 aromatic rings. The minimum absolute atomic E-state index is 0.0776. The Balaban J connectivity index is 2.11. The standard InChI is InChI=1S/C18H15ClN2O2/c1-23-17-9-12(5-6-16(17)22)15-8-13(10-21-18(15)20)11-3-2-4-14(19)7-11/h2-10,22H,1H3,(H2,20,21). The fraction of sp³-hybridized carbons (Fsp3) is 0.0556. The molecule has 0 amide bonds. The summed E-state index contributed by atoms with van der Waals surface area (Å²) in [7, 11) is 1.50. The Labute approximate surface area is 139 Å². The topological polar surface area (TPSA) is 68.4 Å². The van der Waals surface area contributed by atoms with Gasteiger partial charge in [0.1, 0.15) is 5.82 Å². The number of rotatable bonds is 3. The lowest BCUT2D eigenvalue weighted by atomic mass is 10.0. The highest BCUT2D eigenvalue weighted by molar-refractivity contribution is 6.30. The number of hydrogen-bond acceptors (Lipinski definition) is 4. The molecule has 0 unspecified atom stereocenters. The van der Waals surface area contributed by atoms with Gasteiger partial charge in [0.2, 0.25) is 0 Å². The molecule has 1 aromatic heterocycles. The van der Waals surface area contributed by atoms with Gasteiger partial charge in [-0.05, 0) is 41.5 Å². The van der Waals surface area contributed by atoms with Gasteiger partial charge < -0.3 is 15.6 Å². The van der Waals surface area contributed by atoms with Crippen LogP contribution in [-0.4, -0.2) is 17.2 Å². The predicted octanol–water partition coefficient (Wildman–Crippen LogP) is 4.37. The second-order valence-corrected chi connectivity index (χ2v) is 5.49. The molecule has 23 heavy (non-hydrogen) atoms. The number of benzene rings is 2. The first-order valence-electron chi connectivity index (χ1n) is 6.97. The van der Waals surface area contributed by atoms with E-state index < -0.39 is 0 Å². The largest absolute Gasteiger partial charge is 0.504 e. The van der Waals surface area contributed by atoms with E-state index in [1.165, 1.54) is 7.11 Å². The van der Waals surface area contributed by atoms with Crippen molar-refractivity contribution in [1.82, 2.24) is 4.98 Å². The van der Waals surface area contributed by atoms with Crippen molar-refractivity contribution >= 4 is 17.4 Å². The van der Waals surface area contributed by atoms with E-state index in [2.05, 4.69) is 4.98 Å². The maximum atomic E-state index is 9.73. The molecule has 3 rings (SSSR count). The van der Waals surface area contributed by atoms with E-state index in [1.807, 2.05) is 30.3 Å². The summed E-state index contributed by atoms with van der Waals surface area (Å²) in [5.74, 6) is 0.868. The maximum Gasteiger partial charge on any atom is 0.161 e. The lowest BCUT2D eigenvalue weighted by molar-refractivity contribution is 0.373. The third kappa shape index (κ3) is 3.07. The lowest BCUT2D eigenvalue weighted by Gasteiger charge is -2.11. The number of nitrogen functional groups attached to an aromatic ring is 1. The highest BCUT2D eigenvalue weighted by atomic mass is 35.5. The summed E-state index contributed by atoms with van der Waals surface area (Å²) in [5.41, 5.74) is 9.46. The molecule has 3 N–H and O–H groups in total. The summed E-state index contributed by atoms with van der Waals surface area (Å²) in [6.45, 7) is 0. The van der Waals surface area contributed by atoms with Gasteiger partial charge in [-0.25, -0.2) is 4.98 Å². The van der Waals surface area contributed by atoms with Gasteiger partial charge in [-0.1, -0.05) is 29.8 Å². The van der Waals surface area contributed by atoms with Crippen molar-refractivity contribution in [2.24, 2.45) is 0 Å². The van der Waals surface area contributed by atoms with Gasteiger partial charge in [0.15, 0.2) is 11.5 Å². The van der Waals surface area contributed by atoms with Crippen LogP contribution in [0.15, 0.2) is 54.7 Å². The molecule has 116 valence electrons. The number of phenolic OH excluding ortho intramolecular Hbond substituents is 1. The number of aromatic nitrogens is 1. The normalized spacial score (nSPS) is 10.5. The molecule has 2 aromatic carbocycles. The van der Waals surface area contributed by atoms with E-state index in [0.717, 1.165) is 22.3 Å². The number of halogens is 1. The number of hydrogen-bond donors (Lipinski definition) is 2. The smallest absolute Gasteiger partial charge is 0.161 e. The quantitative estimate of drug-likeness (QED) is 0.750. The molecule has 0 aliphatic rings. The Hall–Kier alpha value is -2.72. The van der Waals surface area contributed by atoms with Gasteiger partial charge in [0.25, 0.3) is 0 Å². The molecular weight excluding hydrogens is 312 g/mol. The highest BCUT2D eigenvalue weighted by Gasteiger charge is 2.10. The number of nitrogens with zero attached hydrogens (tertiary/aromatic N) is 1. The second kappa shape index (κ2) is 6.18. The monoisotopic (exact) mass is 326 g/mol. The van der Waals surface area contributed by atoms with Crippen LogP contribution >= 0.6 is 11.6 Å². The zero-order chi connectivity index (χ0) is 16.4. The SMILES string of the molecule is COc1cc(-c2cc(-c3cccc(Cl)c3)cnc2N)ccc1O. The van der Waals surface area contributed by atoms with E-state index in [1.54, 1.807) is 24.4 Å². The lowest BCUT2D eigenvalue weighted by Crippen LogP contribution is -1.95. The first-order chi connectivity index (χ1) is 11.1. The fourth-order valence-corrected chi connectivity index (χ4v) is 2.57. The Morgan fingerprint density at radius 3 is 2.61 bits per heavy atom. The zero-order valence-electron chi connectivity index (χ0n) is 12.5. The van der Waals surface area contributed by atoms with Crippen LogP contribution < -0.4 is 10.5 Å². The van der Waals surface area contributed by atoms with Crippen molar-refractivity contribution in [1.29, 1.82) is 0 Å². The van der Waals surface area contributed by atoms with Crippen LogP contribution in [0.3, 0.4) is 0 Å². The minimum Gasteiger partial charge on any atom is -0.504 e. The van der Waals surface area contributed by atoms with E-state index in [4.69, 9.17) is 22.1 Å². The van der Waals surface area contributed by atoms with Gasteiger partial charge in [0, 0.05) is 22.3 Å². The first-order valence-corrected chi connectivity index (χ1v) is 7.35. The summed E-state index contributed by atoms with van der Waals surface area (Å²) in [6.07, 6.45) is 1.71. The molecule has 0 aliphatic heterocycles. The molecule has 4 nitrogen and oxygen atoms in total. The van der Waals surface area contributed by atoms with E-state index in [-0.39, 0.29) is 5.75 Å². The highest BCUT2D eigenvalue weighted by Crippen LogP contribution is 2.35. The summed E-state index contributed by atoms with van der Waals surface area (Å²) in [6, 6.07) is 14.5. The third-order valence-corrected chi connectivity index (χ3v) is 3.80. The summed E-state index contributed by atoms with van der Waals surface area (Å²) in [5, 5.41) is 10.4. The number of nitrogens with two attached hydrogens (primary N) is 1. The maximum absolute atomic E-state index is 9.73. The Morgan fingerprint density at radius 2 is 1.87 bits per heavy atom. The Kier molecular flexibility index (Phi) is 4.08. The second-order valence-electron chi connectivity index (χ2n) is 5.05. The van der Waals surface area contributed by atoms with Crippen molar-refractivity contribution < 1.29 is 9.84 Å². The molecule has 1 heterocycles. The van der Waals surface area contributed by atoms with Crippen molar-refractivity contribution in [3.05, 3.63) is 59.8 Å². The molecule has 0 spiro atoms. The van der Waals surface area contributed by atoms with Gasteiger partial charge in [-0.2, -0.15) is 0 Å². The molecule has 0 fully saturated rings. The van der Waals surface area contributed by atoms with Crippen LogP contribution in [0.5, 0.6) is 11.5 Å². The van der Waals surface area contributed by atoms with Crippen LogP contribution in [0.2, 0.25) is 5.02 Å². The van der Waals surface area contributed by atoms with E-state index in [0.29, 0.717) is 16.6 Å². The molecular formula is C18H15ClN2O2. The number of pyridine rings is 1. The molecule has 0 saturated carbocycles. The number of anilines is 1. The molecule has 0 radical (unpaired) electrons. The van der Waals surface area contributed by atoms with Crippen molar-refractivity contribution in [2.45, 2.75) is 0 Å². The molecule has 5 heteroatoms. The molecule has 0 bridgehead atoms. The number of methoxy groups -OCH3 is 1. The molecule has 0 atom stereocenters. The van der Waals surface area contributed by atoms with Gasteiger partial charge in [-0.3, -0.25) is 0 Å². The van der Waals surface area contributed by atoms with E-state index >= 15 is 0 Å². The number of aromatic hydroxyl groups is 1. The van der Waals surface area contributed by atoms with Crippen LogP contribution in [0.1, 0.15) is 0 Å². The van der Waals surface area contributed by atoms with E-state index in [9.17, 15) is 5.11 Å². The average Bonchev–Trinajstić information content (AvgIpc) is 2.56. The number of phenols is 1. The first kappa shape index (κ1) is 15.2. The van der Waals surface area contributed by atoms with Gasteiger partial charge in [0.05, 0.1) is 7.11 Å². The summed E-state index contributed by atoms with van der Waals surface area (Å²) in [4.78, 5) is 4.27. The van der Waals surface area contributed by atoms with Gasteiger partial charge in [-0.15, -0.1) is 0 Å². The van der Waals surface area contributed by atoms with Crippen LogP contribution in [0.4, 0.5) is 5.82 Å². The Bertz CT molecular complexity index is 865. The minimum atomic E-state index is 0.0776. The van der Waals surface area contributed by atoms with Crippen LogP contribution in [-0.2, 0) is 0 Å². The van der Waals surface area contributed by atoms with Gasteiger partial charge >= 0.3 is 0 Å². The third-order valence-electron chi connectivity index (χ3n) is 3.57. The fourth-order valence-electron chi connectivity index (χ4n) is 2.38. The Morgan fingerprint density at radius 1 is 1.04 bits per heavy atom. The average molecular weight is 327 g/mol. The molecule has 0 saturated heterocycles.